The van der Waals surface area contributed by atoms with Crippen LogP contribution in [0.5, 0.6) is 0 Å². The molecule has 3 heteroatoms. The molecule has 19 heavy (non-hydrogen) atoms. The van der Waals surface area contributed by atoms with Gasteiger partial charge >= 0.3 is 0 Å². The maximum absolute atomic E-state index is 13.3. The van der Waals surface area contributed by atoms with Gasteiger partial charge in [-0.15, -0.1) is 0 Å². The molecule has 2 aliphatic carbocycles. The van der Waals surface area contributed by atoms with Crippen molar-refractivity contribution >= 4 is 5.69 Å². The van der Waals surface area contributed by atoms with Crippen LogP contribution in [-0.4, -0.2) is 12.1 Å². The molecule has 0 radical (unpaired) electrons. The van der Waals surface area contributed by atoms with Crippen molar-refractivity contribution in [3.8, 4) is 0 Å². The number of nitrogens with one attached hydrogen (secondary N) is 1. The highest BCUT2D eigenvalue weighted by molar-refractivity contribution is 5.46. The SMILES string of the molecule is NCC1(Nc2cccc(F)c2)CCCC(C2CC2)C1. The molecule has 0 amide bonds. The van der Waals surface area contributed by atoms with E-state index in [0.717, 1.165) is 30.4 Å². The van der Waals surface area contributed by atoms with Crippen LogP contribution in [0, 0.1) is 17.7 Å². The van der Waals surface area contributed by atoms with Crippen molar-refractivity contribution in [2.45, 2.75) is 44.1 Å². The van der Waals surface area contributed by atoms with Crippen molar-refractivity contribution in [3.63, 3.8) is 0 Å². The highest BCUT2D eigenvalue weighted by atomic mass is 19.1. The average Bonchev–Trinajstić information content (AvgIpc) is 3.23. The summed E-state index contributed by atoms with van der Waals surface area (Å²) < 4.78 is 13.3. The van der Waals surface area contributed by atoms with E-state index >= 15 is 0 Å². The molecule has 2 fully saturated rings. The lowest BCUT2D eigenvalue weighted by molar-refractivity contribution is 0.228. The van der Waals surface area contributed by atoms with Crippen molar-refractivity contribution in [1.82, 2.24) is 0 Å². The molecule has 3 rings (SSSR count). The summed E-state index contributed by atoms with van der Waals surface area (Å²) in [5.41, 5.74) is 6.89. The summed E-state index contributed by atoms with van der Waals surface area (Å²) in [6.45, 7) is 0.632. The maximum atomic E-state index is 13.3. The first-order valence-electron chi connectivity index (χ1n) is 7.45. The van der Waals surface area contributed by atoms with Crippen LogP contribution in [0.3, 0.4) is 0 Å². The fourth-order valence-electron chi connectivity index (χ4n) is 3.60. The zero-order valence-corrected chi connectivity index (χ0v) is 11.4. The van der Waals surface area contributed by atoms with E-state index in [9.17, 15) is 4.39 Å². The first kappa shape index (κ1) is 12.9. The lowest BCUT2D eigenvalue weighted by atomic mass is 9.73. The summed E-state index contributed by atoms with van der Waals surface area (Å²) in [5.74, 6) is 1.56. The van der Waals surface area contributed by atoms with Crippen molar-refractivity contribution < 1.29 is 4.39 Å². The standard InChI is InChI=1S/C16H23FN2/c17-14-4-1-5-15(9-14)19-16(11-18)8-2-3-13(10-16)12-6-7-12/h1,4-5,9,12-13,19H,2-3,6-8,10-11,18H2. The van der Waals surface area contributed by atoms with Gasteiger partial charge < -0.3 is 11.1 Å². The molecule has 3 N–H and O–H groups in total. The van der Waals surface area contributed by atoms with Gasteiger partial charge in [-0.1, -0.05) is 18.9 Å². The van der Waals surface area contributed by atoms with Crippen LogP contribution < -0.4 is 11.1 Å². The molecule has 2 aliphatic rings. The fraction of sp³-hybridized carbons (Fsp3) is 0.625. The van der Waals surface area contributed by atoms with Crippen LogP contribution in [0.2, 0.25) is 0 Å². The minimum atomic E-state index is -0.188. The number of hydrogen-bond donors (Lipinski definition) is 2. The number of rotatable bonds is 4. The number of hydrogen-bond acceptors (Lipinski definition) is 2. The molecule has 1 aromatic carbocycles. The minimum Gasteiger partial charge on any atom is -0.378 e. The third-order valence-electron chi connectivity index (χ3n) is 4.80. The Kier molecular flexibility index (Phi) is 3.48. The molecule has 2 unspecified atom stereocenters. The second-order valence-electron chi connectivity index (χ2n) is 6.31. The van der Waals surface area contributed by atoms with Gasteiger partial charge in [0.05, 0.1) is 0 Å². The van der Waals surface area contributed by atoms with Gasteiger partial charge in [0.15, 0.2) is 0 Å². The quantitative estimate of drug-likeness (QED) is 0.871. The molecule has 0 spiro atoms. The van der Waals surface area contributed by atoms with Crippen molar-refractivity contribution in [2.24, 2.45) is 17.6 Å². The van der Waals surface area contributed by atoms with E-state index in [-0.39, 0.29) is 11.4 Å². The van der Waals surface area contributed by atoms with E-state index in [1.807, 2.05) is 6.07 Å². The van der Waals surface area contributed by atoms with E-state index in [1.165, 1.54) is 31.7 Å². The monoisotopic (exact) mass is 262 g/mol. The van der Waals surface area contributed by atoms with Gasteiger partial charge in [-0.2, -0.15) is 0 Å². The molecule has 0 saturated heterocycles. The van der Waals surface area contributed by atoms with Gasteiger partial charge in [-0.25, -0.2) is 4.39 Å². The Labute approximate surface area is 114 Å². The van der Waals surface area contributed by atoms with Crippen LogP contribution in [0.15, 0.2) is 24.3 Å². The third-order valence-corrected chi connectivity index (χ3v) is 4.80. The Morgan fingerprint density at radius 1 is 1.26 bits per heavy atom. The zero-order chi connectivity index (χ0) is 13.3. The Bertz CT molecular complexity index is 444. The van der Waals surface area contributed by atoms with Gasteiger partial charge in [-0.05, 0) is 55.7 Å². The molecule has 2 saturated carbocycles. The van der Waals surface area contributed by atoms with Gasteiger partial charge in [0.2, 0.25) is 0 Å². The molecule has 0 bridgehead atoms. The summed E-state index contributed by atoms with van der Waals surface area (Å²) in [4.78, 5) is 0. The largest absolute Gasteiger partial charge is 0.378 e. The number of halogens is 1. The van der Waals surface area contributed by atoms with Gasteiger partial charge in [0.1, 0.15) is 5.82 Å². The second-order valence-corrected chi connectivity index (χ2v) is 6.31. The summed E-state index contributed by atoms with van der Waals surface area (Å²) in [7, 11) is 0. The summed E-state index contributed by atoms with van der Waals surface area (Å²) in [6, 6.07) is 6.73. The van der Waals surface area contributed by atoms with E-state index in [1.54, 1.807) is 12.1 Å². The Balaban J connectivity index is 1.74. The van der Waals surface area contributed by atoms with E-state index in [4.69, 9.17) is 5.73 Å². The lowest BCUT2D eigenvalue weighted by Crippen LogP contribution is -2.49. The molecule has 2 atom stereocenters. The smallest absolute Gasteiger partial charge is 0.125 e. The number of nitrogens with two attached hydrogens (primary N) is 1. The molecule has 2 nitrogen and oxygen atoms in total. The molecule has 104 valence electrons. The zero-order valence-electron chi connectivity index (χ0n) is 11.4. The average molecular weight is 262 g/mol. The summed E-state index contributed by atoms with van der Waals surface area (Å²) >= 11 is 0. The van der Waals surface area contributed by atoms with E-state index < -0.39 is 0 Å². The van der Waals surface area contributed by atoms with E-state index in [0.29, 0.717) is 6.54 Å². The normalized spacial score (nSPS) is 31.2. The molecular weight excluding hydrogens is 239 g/mol. The Morgan fingerprint density at radius 2 is 2.11 bits per heavy atom. The molecule has 0 aromatic heterocycles. The van der Waals surface area contributed by atoms with Crippen LogP contribution in [0.1, 0.15) is 38.5 Å². The predicted molar refractivity (Wildman–Crippen MR) is 76.5 cm³/mol. The Morgan fingerprint density at radius 3 is 2.79 bits per heavy atom. The van der Waals surface area contributed by atoms with Crippen LogP contribution in [0.25, 0.3) is 0 Å². The second kappa shape index (κ2) is 5.12. The molecule has 1 aromatic rings. The van der Waals surface area contributed by atoms with Crippen molar-refractivity contribution in [3.05, 3.63) is 30.1 Å². The first-order chi connectivity index (χ1) is 9.21. The predicted octanol–water partition coefficient (Wildman–Crippen LogP) is 3.54. The summed E-state index contributed by atoms with van der Waals surface area (Å²) in [5, 5.41) is 3.53. The topological polar surface area (TPSA) is 38.0 Å². The number of anilines is 1. The first-order valence-corrected chi connectivity index (χ1v) is 7.45. The fourth-order valence-corrected chi connectivity index (χ4v) is 3.60. The molecule has 0 aliphatic heterocycles. The van der Waals surface area contributed by atoms with Crippen molar-refractivity contribution in [2.75, 3.05) is 11.9 Å². The van der Waals surface area contributed by atoms with Crippen LogP contribution in [-0.2, 0) is 0 Å². The van der Waals surface area contributed by atoms with Crippen molar-refractivity contribution in [1.29, 1.82) is 0 Å². The van der Waals surface area contributed by atoms with Gasteiger partial charge in [0, 0.05) is 17.8 Å². The lowest BCUT2D eigenvalue weighted by Gasteiger charge is -2.42. The van der Waals surface area contributed by atoms with Crippen LogP contribution in [0.4, 0.5) is 10.1 Å². The van der Waals surface area contributed by atoms with Gasteiger partial charge in [0.25, 0.3) is 0 Å². The highest BCUT2D eigenvalue weighted by Gasteiger charge is 2.41. The molecule has 0 heterocycles. The Hall–Kier alpha value is -1.09. The third kappa shape index (κ3) is 2.92. The van der Waals surface area contributed by atoms with Crippen LogP contribution >= 0.6 is 0 Å². The summed E-state index contributed by atoms with van der Waals surface area (Å²) in [6.07, 6.45) is 7.61. The maximum Gasteiger partial charge on any atom is 0.125 e. The number of benzene rings is 1. The highest BCUT2D eigenvalue weighted by Crippen LogP contribution is 2.47. The van der Waals surface area contributed by atoms with E-state index in [2.05, 4.69) is 5.32 Å². The minimum absolute atomic E-state index is 0.0285. The molecular formula is C16H23FN2. The van der Waals surface area contributed by atoms with Gasteiger partial charge in [-0.3, -0.25) is 0 Å².